The van der Waals surface area contributed by atoms with Crippen molar-refractivity contribution in [2.75, 3.05) is 0 Å². The third-order valence-corrected chi connectivity index (χ3v) is 10.8. The first-order chi connectivity index (χ1) is 21.7. The van der Waals surface area contributed by atoms with E-state index in [0.29, 0.717) is 5.41 Å². The summed E-state index contributed by atoms with van der Waals surface area (Å²) in [7, 11) is 0. The molecule has 0 spiro atoms. The van der Waals surface area contributed by atoms with Crippen LogP contribution in [0.4, 0.5) is 39.5 Å². The minimum atomic E-state index is -6.28. The van der Waals surface area contributed by atoms with E-state index >= 15 is 0 Å². The SMILES string of the molecule is CCC(C)(C)C(=O)OC1CC(C(C)(O)C(F)(F)F)CC(C(O)(C(F)(F)F)C(F)(F)F)C1.CCC(C)(C)C(=O)OC1CCC(C(C)(C)C)CC1. The Morgan fingerprint density at radius 3 is 1.24 bits per heavy atom. The number of halogens is 9. The zero-order valence-corrected chi connectivity index (χ0v) is 30.2. The Morgan fingerprint density at radius 1 is 0.551 bits per heavy atom. The van der Waals surface area contributed by atoms with Crippen LogP contribution in [0.3, 0.4) is 0 Å². The van der Waals surface area contributed by atoms with E-state index < -0.39 is 78.3 Å². The normalized spacial score (nSPS) is 26.2. The second-order valence-electron chi connectivity index (χ2n) is 16.3. The number of alkyl halides is 9. The van der Waals surface area contributed by atoms with Crippen molar-refractivity contribution in [1.29, 1.82) is 0 Å². The number of esters is 2. The van der Waals surface area contributed by atoms with Gasteiger partial charge in [-0.1, -0.05) is 34.6 Å². The van der Waals surface area contributed by atoms with Gasteiger partial charge in [-0.15, -0.1) is 0 Å². The molecular weight excluding hydrogens is 675 g/mol. The van der Waals surface area contributed by atoms with Crippen molar-refractivity contribution < 1.29 is 68.8 Å². The maximum absolute atomic E-state index is 13.3. The first kappa shape index (κ1) is 45.3. The number of aliphatic hydroxyl groups is 2. The standard InChI is InChI=1S/C18H25F9O4.C16H30O2/c1-5-13(2,3)12(28)31-11-7-9(14(4,29)16(19,20)21)6-10(8-11)15(30,17(22,23)24)18(25,26)27;1-7-16(5,6)14(17)18-13-10-8-12(9-11-13)15(2,3)4/h9-11,29-30H,5-8H2,1-4H3;12-13H,7-11H2,1-6H3. The van der Waals surface area contributed by atoms with Gasteiger partial charge in [-0.3, -0.25) is 9.59 Å². The quantitative estimate of drug-likeness (QED) is 0.191. The van der Waals surface area contributed by atoms with Crippen molar-refractivity contribution in [3.63, 3.8) is 0 Å². The molecule has 2 saturated carbocycles. The second kappa shape index (κ2) is 15.5. The first-order valence-corrected chi connectivity index (χ1v) is 16.8. The van der Waals surface area contributed by atoms with Crippen molar-refractivity contribution in [3.8, 4) is 0 Å². The van der Waals surface area contributed by atoms with Crippen LogP contribution in [0.25, 0.3) is 0 Å². The molecule has 0 aliphatic heterocycles. The van der Waals surface area contributed by atoms with Gasteiger partial charge < -0.3 is 19.7 Å². The number of ether oxygens (including phenoxy) is 2. The molecule has 4 atom stereocenters. The average molecular weight is 731 g/mol. The number of rotatable bonds is 8. The number of hydrogen-bond acceptors (Lipinski definition) is 6. The van der Waals surface area contributed by atoms with Gasteiger partial charge in [-0.25, -0.2) is 0 Å². The van der Waals surface area contributed by atoms with Gasteiger partial charge in [0.2, 0.25) is 0 Å². The molecule has 2 N–H and O–H groups in total. The Kier molecular flexibility index (Phi) is 14.3. The predicted molar refractivity (Wildman–Crippen MR) is 164 cm³/mol. The van der Waals surface area contributed by atoms with Crippen LogP contribution in [-0.2, 0) is 19.1 Å². The molecule has 2 aliphatic rings. The summed E-state index contributed by atoms with van der Waals surface area (Å²) in [6, 6.07) is 0. The van der Waals surface area contributed by atoms with Crippen LogP contribution in [-0.4, -0.2) is 64.1 Å². The molecule has 4 unspecified atom stereocenters. The molecule has 15 heteroatoms. The molecule has 0 radical (unpaired) electrons. The summed E-state index contributed by atoms with van der Waals surface area (Å²) in [6.07, 6.45) is -17.6. The molecule has 0 bridgehead atoms. The van der Waals surface area contributed by atoms with Gasteiger partial charge in [-0.05, 0) is 104 Å². The molecule has 49 heavy (non-hydrogen) atoms. The van der Waals surface area contributed by atoms with E-state index in [1.54, 1.807) is 6.92 Å². The fraction of sp³-hybridized carbons (Fsp3) is 0.941. The molecule has 0 heterocycles. The summed E-state index contributed by atoms with van der Waals surface area (Å²) in [4.78, 5) is 24.3. The fourth-order valence-electron chi connectivity index (χ4n) is 5.98. The van der Waals surface area contributed by atoms with Crippen LogP contribution in [0.5, 0.6) is 0 Å². The Labute approximate surface area is 283 Å². The van der Waals surface area contributed by atoms with E-state index in [1.807, 2.05) is 20.8 Å². The molecule has 0 aromatic heterocycles. The highest BCUT2D eigenvalue weighted by Gasteiger charge is 2.75. The Hall–Kier alpha value is -1.77. The highest BCUT2D eigenvalue weighted by atomic mass is 19.4. The van der Waals surface area contributed by atoms with Crippen LogP contribution in [0, 0.1) is 34.0 Å². The lowest BCUT2D eigenvalue weighted by atomic mass is 9.66. The maximum Gasteiger partial charge on any atom is 0.426 e. The molecule has 290 valence electrons. The summed E-state index contributed by atoms with van der Waals surface area (Å²) in [5, 5.41) is 19.6. The molecule has 0 aromatic rings. The van der Waals surface area contributed by atoms with Gasteiger partial charge in [0.1, 0.15) is 12.2 Å². The summed E-state index contributed by atoms with van der Waals surface area (Å²) in [5.41, 5.74) is -10.2. The molecular formula is C34H55F9O6. The molecule has 0 aromatic carbocycles. The Bertz CT molecular complexity index is 1080. The monoisotopic (exact) mass is 730 g/mol. The lowest BCUT2D eigenvalue weighted by Gasteiger charge is -2.47. The second-order valence-corrected chi connectivity index (χ2v) is 16.3. The van der Waals surface area contributed by atoms with E-state index in [9.17, 15) is 59.3 Å². The Balaban J connectivity index is 0.000000564. The molecule has 6 nitrogen and oxygen atoms in total. The van der Waals surface area contributed by atoms with Gasteiger partial charge >= 0.3 is 30.5 Å². The number of hydrogen-bond donors (Lipinski definition) is 2. The topological polar surface area (TPSA) is 93.1 Å². The van der Waals surface area contributed by atoms with E-state index in [-0.39, 0.29) is 30.8 Å². The van der Waals surface area contributed by atoms with Crippen LogP contribution in [0.2, 0.25) is 0 Å². The zero-order valence-electron chi connectivity index (χ0n) is 30.2. The van der Waals surface area contributed by atoms with Gasteiger partial charge in [-0.2, -0.15) is 39.5 Å². The largest absolute Gasteiger partial charge is 0.462 e. The maximum atomic E-state index is 13.3. The average Bonchev–Trinajstić information content (AvgIpc) is 2.94. The van der Waals surface area contributed by atoms with Crippen molar-refractivity contribution >= 4 is 11.9 Å². The third kappa shape index (κ3) is 10.9. The van der Waals surface area contributed by atoms with Gasteiger partial charge in [0, 0.05) is 11.8 Å². The van der Waals surface area contributed by atoms with Crippen LogP contribution in [0.1, 0.15) is 127 Å². The highest BCUT2D eigenvalue weighted by Crippen LogP contribution is 2.55. The van der Waals surface area contributed by atoms with Gasteiger partial charge in [0.25, 0.3) is 5.60 Å². The third-order valence-electron chi connectivity index (χ3n) is 10.8. The molecule has 0 amide bonds. The van der Waals surface area contributed by atoms with Gasteiger partial charge in [0.15, 0.2) is 5.60 Å². The summed E-state index contributed by atoms with van der Waals surface area (Å²) in [5.74, 6) is -5.34. The number of carbonyl (C=O) groups excluding carboxylic acids is 2. The Morgan fingerprint density at radius 2 is 0.918 bits per heavy atom. The molecule has 2 fully saturated rings. The minimum Gasteiger partial charge on any atom is -0.462 e. The number of carbonyl (C=O) groups is 2. The van der Waals surface area contributed by atoms with Crippen LogP contribution >= 0.6 is 0 Å². The predicted octanol–water partition coefficient (Wildman–Crippen LogP) is 9.49. The van der Waals surface area contributed by atoms with Crippen LogP contribution in [0.15, 0.2) is 0 Å². The summed E-state index contributed by atoms with van der Waals surface area (Å²) in [6.45, 7) is 17.4. The van der Waals surface area contributed by atoms with Crippen molar-refractivity contribution in [1.82, 2.24) is 0 Å². The van der Waals surface area contributed by atoms with Crippen molar-refractivity contribution in [2.45, 2.75) is 169 Å². The highest BCUT2D eigenvalue weighted by molar-refractivity contribution is 5.76. The van der Waals surface area contributed by atoms with E-state index in [1.165, 1.54) is 26.7 Å². The van der Waals surface area contributed by atoms with E-state index in [0.717, 1.165) is 25.2 Å². The minimum absolute atomic E-state index is 0.0239. The lowest BCUT2D eigenvalue weighted by molar-refractivity contribution is -0.391. The molecule has 2 rings (SSSR count). The molecule has 0 saturated heterocycles. The summed E-state index contributed by atoms with van der Waals surface area (Å²) < 4.78 is 130. The molecule has 2 aliphatic carbocycles. The first-order valence-electron chi connectivity index (χ1n) is 16.8. The van der Waals surface area contributed by atoms with Crippen molar-refractivity contribution in [2.24, 2.45) is 34.0 Å². The van der Waals surface area contributed by atoms with Gasteiger partial charge in [0.05, 0.1) is 10.8 Å². The van der Waals surface area contributed by atoms with E-state index in [4.69, 9.17) is 9.47 Å². The smallest absolute Gasteiger partial charge is 0.426 e. The van der Waals surface area contributed by atoms with Crippen LogP contribution < -0.4 is 0 Å². The fourth-order valence-corrected chi connectivity index (χ4v) is 5.98. The van der Waals surface area contributed by atoms with Crippen molar-refractivity contribution in [3.05, 3.63) is 0 Å². The van der Waals surface area contributed by atoms with E-state index in [2.05, 4.69) is 20.8 Å². The summed E-state index contributed by atoms with van der Waals surface area (Å²) >= 11 is 0. The lowest BCUT2D eigenvalue weighted by Crippen LogP contribution is -2.64. The zero-order chi connectivity index (χ0) is 38.8.